The van der Waals surface area contributed by atoms with E-state index >= 15 is 0 Å². The number of ether oxygens (including phenoxy) is 1. The number of carbonyl (C=O) groups is 2. The van der Waals surface area contributed by atoms with Gasteiger partial charge in [0.05, 0.1) is 21.5 Å². The predicted molar refractivity (Wildman–Crippen MR) is 186 cm³/mol. The van der Waals surface area contributed by atoms with Crippen molar-refractivity contribution in [3.05, 3.63) is 63.5 Å². The van der Waals surface area contributed by atoms with Crippen molar-refractivity contribution in [2.45, 2.75) is 75.0 Å². The van der Waals surface area contributed by atoms with Crippen LogP contribution in [-0.4, -0.2) is 71.5 Å². The van der Waals surface area contributed by atoms with Crippen LogP contribution in [0, 0.1) is 0 Å². The van der Waals surface area contributed by atoms with Crippen molar-refractivity contribution < 1.29 is 14.3 Å². The third-order valence-corrected chi connectivity index (χ3v) is 10.5. The lowest BCUT2D eigenvalue weighted by Crippen LogP contribution is -2.44. The maximum absolute atomic E-state index is 13.2. The van der Waals surface area contributed by atoms with E-state index in [-0.39, 0.29) is 24.1 Å². The number of aromatic nitrogens is 1. The summed E-state index contributed by atoms with van der Waals surface area (Å²) < 4.78 is 6.59. The molecule has 0 unspecified atom stereocenters. The van der Waals surface area contributed by atoms with Crippen molar-refractivity contribution in [2.24, 2.45) is 0 Å². The molecule has 2 aliphatic heterocycles. The molecular weight excluding hydrogens is 649 g/mol. The Morgan fingerprint density at radius 3 is 2.64 bits per heavy atom. The van der Waals surface area contributed by atoms with Crippen LogP contribution >= 0.6 is 46.3 Å². The summed E-state index contributed by atoms with van der Waals surface area (Å²) >= 11 is 15.2. The smallest absolute Gasteiger partial charge is 0.414 e. The van der Waals surface area contributed by atoms with Gasteiger partial charge in [0.2, 0.25) is 5.91 Å². The van der Waals surface area contributed by atoms with Gasteiger partial charge in [-0.1, -0.05) is 53.2 Å². The molecule has 0 radical (unpaired) electrons. The second-order valence-electron chi connectivity index (χ2n) is 12.6. The van der Waals surface area contributed by atoms with Gasteiger partial charge in [-0.25, -0.2) is 9.78 Å². The number of benzene rings is 2. The first-order valence-electron chi connectivity index (χ1n) is 15.4. The molecule has 2 N–H and O–H groups in total. The number of nitrogens with one attached hydrogen (secondary N) is 2. The molecule has 0 spiro atoms. The number of carbonyl (C=O) groups excluding carboxylic acids is 2. The number of thiazole rings is 1. The fourth-order valence-corrected chi connectivity index (χ4v) is 7.52. The highest BCUT2D eigenvalue weighted by Gasteiger charge is 2.28. The van der Waals surface area contributed by atoms with Crippen LogP contribution in [0.25, 0.3) is 11.3 Å². The summed E-state index contributed by atoms with van der Waals surface area (Å²) in [6.07, 6.45) is 3.59. The number of amides is 2. The highest BCUT2D eigenvalue weighted by atomic mass is 35.5. The Hall–Kier alpha value is -2.34. The zero-order chi connectivity index (χ0) is 32.0. The number of rotatable bonds is 10. The Morgan fingerprint density at radius 1 is 1.13 bits per heavy atom. The first-order chi connectivity index (χ1) is 21.5. The van der Waals surface area contributed by atoms with E-state index in [2.05, 4.69) is 15.5 Å². The normalized spacial score (nSPS) is 17.8. The standard InChI is InChI=1S/C33H41Cl2N5O3S2/c1-33(2,3)43-32(42)40(19-25-7-5-13-36-25)26-8-4-6-23(17-26)29-20-44-31(38-29)45-21-30(41)37-24-11-14-39(15-12-24)18-22-9-10-27(34)28(35)16-22/h4,6,8-10,16-17,20,24-25,36H,5,7,11-15,18-19,21H2,1-3H3,(H,37,41)/t25-/m1/s1. The zero-order valence-corrected chi connectivity index (χ0v) is 29.1. The largest absolute Gasteiger partial charge is 0.443 e. The van der Waals surface area contributed by atoms with E-state index in [9.17, 15) is 9.59 Å². The summed E-state index contributed by atoms with van der Waals surface area (Å²) in [6.45, 7) is 9.79. The molecule has 242 valence electrons. The quantitative estimate of drug-likeness (QED) is 0.213. The lowest BCUT2D eigenvalue weighted by molar-refractivity contribution is -0.119. The van der Waals surface area contributed by atoms with Crippen molar-refractivity contribution in [3.8, 4) is 11.3 Å². The molecule has 2 aliphatic rings. The summed E-state index contributed by atoms with van der Waals surface area (Å²) in [7, 11) is 0. The molecule has 1 aromatic heterocycles. The number of hydrogen-bond acceptors (Lipinski definition) is 8. The fraction of sp³-hybridized carbons (Fsp3) is 0.485. The van der Waals surface area contributed by atoms with E-state index in [1.165, 1.54) is 23.1 Å². The SMILES string of the molecule is CC(C)(C)OC(=O)N(C[C@H]1CCCN1)c1cccc(-c2csc(SCC(=O)NC3CCN(Cc4ccc(Cl)c(Cl)c4)CC3)n2)c1. The Kier molecular flexibility index (Phi) is 11.7. The molecule has 0 aliphatic carbocycles. The molecule has 2 saturated heterocycles. The monoisotopic (exact) mass is 689 g/mol. The molecule has 2 fully saturated rings. The lowest BCUT2D eigenvalue weighted by Gasteiger charge is -2.32. The molecule has 2 aromatic carbocycles. The third kappa shape index (κ3) is 10.1. The van der Waals surface area contributed by atoms with Gasteiger partial charge in [-0.15, -0.1) is 11.3 Å². The Morgan fingerprint density at radius 2 is 1.93 bits per heavy atom. The van der Waals surface area contributed by atoms with Gasteiger partial charge in [0.15, 0.2) is 4.34 Å². The molecule has 0 bridgehead atoms. The van der Waals surface area contributed by atoms with Crippen LogP contribution in [-0.2, 0) is 16.1 Å². The number of halogens is 2. The average Bonchev–Trinajstić information content (AvgIpc) is 3.70. The Labute approximate surface area is 284 Å². The molecule has 0 saturated carbocycles. The summed E-state index contributed by atoms with van der Waals surface area (Å²) in [5, 5.41) is 9.83. The lowest BCUT2D eigenvalue weighted by atomic mass is 10.0. The number of likely N-dealkylation sites (tertiary alicyclic amines) is 1. The molecule has 1 atom stereocenters. The van der Waals surface area contributed by atoms with Gasteiger partial charge < -0.3 is 15.4 Å². The van der Waals surface area contributed by atoms with Crippen LogP contribution in [0.4, 0.5) is 10.5 Å². The predicted octanol–water partition coefficient (Wildman–Crippen LogP) is 7.48. The highest BCUT2D eigenvalue weighted by Crippen LogP contribution is 2.31. The maximum atomic E-state index is 13.2. The van der Waals surface area contributed by atoms with Gasteiger partial charge in [-0.2, -0.15) is 0 Å². The van der Waals surface area contributed by atoms with Crippen molar-refractivity contribution in [1.82, 2.24) is 20.5 Å². The van der Waals surface area contributed by atoms with Gasteiger partial charge in [-0.3, -0.25) is 14.6 Å². The van der Waals surface area contributed by atoms with E-state index in [1.54, 1.807) is 4.90 Å². The molecule has 3 aromatic rings. The van der Waals surface area contributed by atoms with Gasteiger partial charge in [0.1, 0.15) is 5.60 Å². The summed E-state index contributed by atoms with van der Waals surface area (Å²) in [5.41, 5.74) is 3.07. The van der Waals surface area contributed by atoms with Gasteiger partial charge >= 0.3 is 6.09 Å². The topological polar surface area (TPSA) is 86.8 Å². The first-order valence-corrected chi connectivity index (χ1v) is 18.0. The number of hydrogen-bond donors (Lipinski definition) is 2. The van der Waals surface area contributed by atoms with Crippen molar-refractivity contribution in [2.75, 3.05) is 36.8 Å². The minimum absolute atomic E-state index is 0.0233. The van der Waals surface area contributed by atoms with E-state index in [4.69, 9.17) is 32.9 Å². The highest BCUT2D eigenvalue weighted by molar-refractivity contribution is 8.01. The average molecular weight is 691 g/mol. The van der Waals surface area contributed by atoms with Crippen LogP contribution < -0.4 is 15.5 Å². The van der Waals surface area contributed by atoms with E-state index in [1.807, 2.05) is 68.6 Å². The van der Waals surface area contributed by atoms with Crippen molar-refractivity contribution in [1.29, 1.82) is 0 Å². The number of piperidine rings is 1. The minimum Gasteiger partial charge on any atom is -0.443 e. The summed E-state index contributed by atoms with van der Waals surface area (Å²) in [4.78, 5) is 34.9. The van der Waals surface area contributed by atoms with Gasteiger partial charge in [0.25, 0.3) is 0 Å². The minimum atomic E-state index is -0.589. The van der Waals surface area contributed by atoms with Crippen LogP contribution in [0.15, 0.2) is 52.2 Å². The number of anilines is 1. The maximum Gasteiger partial charge on any atom is 0.414 e. The molecule has 45 heavy (non-hydrogen) atoms. The molecule has 12 heteroatoms. The molecular formula is C33H41Cl2N5O3S2. The van der Waals surface area contributed by atoms with Crippen LogP contribution in [0.5, 0.6) is 0 Å². The van der Waals surface area contributed by atoms with Crippen molar-refractivity contribution in [3.63, 3.8) is 0 Å². The number of thioether (sulfide) groups is 1. The number of nitrogens with zero attached hydrogens (tertiary/aromatic N) is 3. The molecule has 8 nitrogen and oxygen atoms in total. The molecule has 3 heterocycles. The third-order valence-electron chi connectivity index (χ3n) is 7.79. The van der Waals surface area contributed by atoms with E-state index in [0.717, 1.165) is 78.7 Å². The van der Waals surface area contributed by atoms with Crippen LogP contribution in [0.3, 0.4) is 0 Å². The summed E-state index contributed by atoms with van der Waals surface area (Å²) in [5.74, 6) is 0.340. The van der Waals surface area contributed by atoms with E-state index in [0.29, 0.717) is 22.3 Å². The molecule has 5 rings (SSSR count). The van der Waals surface area contributed by atoms with Crippen LogP contribution in [0.2, 0.25) is 10.0 Å². The van der Waals surface area contributed by atoms with Crippen LogP contribution in [0.1, 0.15) is 52.0 Å². The zero-order valence-electron chi connectivity index (χ0n) is 26.0. The van der Waals surface area contributed by atoms with Crippen molar-refractivity contribution >= 4 is 64.0 Å². The Balaban J connectivity index is 1.12. The van der Waals surface area contributed by atoms with Gasteiger partial charge in [0, 0.05) is 54.9 Å². The van der Waals surface area contributed by atoms with E-state index < -0.39 is 5.60 Å². The summed E-state index contributed by atoms with van der Waals surface area (Å²) in [6, 6.07) is 14.0. The molecule has 2 amide bonds. The van der Waals surface area contributed by atoms with Gasteiger partial charge in [-0.05, 0) is 82.8 Å². The second-order valence-corrected chi connectivity index (χ2v) is 15.5. The fourth-order valence-electron chi connectivity index (χ4n) is 5.55. The second kappa shape index (κ2) is 15.5. The Bertz CT molecular complexity index is 1470. The first kappa shape index (κ1) is 34.0.